The molecule has 2 aromatic heterocycles. The number of carbonyl (C=O) groups excluding carboxylic acids is 1. The minimum atomic E-state index is -2.86. The summed E-state index contributed by atoms with van der Waals surface area (Å²) in [4.78, 5) is 31.0. The summed E-state index contributed by atoms with van der Waals surface area (Å²) >= 11 is 0. The molecule has 5 heterocycles. The largest absolute Gasteiger partial charge is 0.391 e. The Kier molecular flexibility index (Phi) is 5.24. The lowest BCUT2D eigenvalue weighted by Crippen LogP contribution is -2.56. The first-order valence-corrected chi connectivity index (χ1v) is 11.9. The second-order valence-electron chi connectivity index (χ2n) is 9.83. The van der Waals surface area contributed by atoms with Crippen molar-refractivity contribution in [2.24, 2.45) is 5.92 Å². The number of aliphatic hydroxyl groups excluding tert-OH is 1. The van der Waals surface area contributed by atoms with Crippen molar-refractivity contribution in [1.82, 2.24) is 19.9 Å². The summed E-state index contributed by atoms with van der Waals surface area (Å²) in [5.74, 6) is -3.82. The highest BCUT2D eigenvalue weighted by molar-refractivity contribution is 5.84. The van der Waals surface area contributed by atoms with E-state index in [4.69, 9.17) is 0 Å². The third-order valence-corrected chi connectivity index (χ3v) is 7.37. The molecule has 186 valence electrons. The zero-order valence-electron chi connectivity index (χ0n) is 18.9. The molecule has 0 radical (unpaired) electrons. The Morgan fingerprint density at radius 1 is 1.11 bits per heavy atom. The SMILES string of the molecule is O=C(C1CC1(F)F)N1[C@@H]2CC[C@H]1CN(c1ccnc(Nc3cnc(N4CC[C@@H](O)C4)c(F)c3)n1)C2. The molecule has 4 fully saturated rings. The van der Waals surface area contributed by atoms with Crippen LogP contribution in [0.1, 0.15) is 25.7 Å². The average Bonchev–Trinajstić information content (AvgIpc) is 3.11. The molecule has 1 unspecified atom stereocenters. The highest BCUT2D eigenvalue weighted by Gasteiger charge is 2.64. The van der Waals surface area contributed by atoms with Crippen molar-refractivity contribution in [3.8, 4) is 0 Å². The lowest BCUT2D eigenvalue weighted by atomic mass is 10.1. The molecule has 1 aliphatic carbocycles. The van der Waals surface area contributed by atoms with Crippen LogP contribution in [-0.2, 0) is 4.79 Å². The Morgan fingerprint density at radius 2 is 1.86 bits per heavy atom. The first-order valence-electron chi connectivity index (χ1n) is 11.9. The summed E-state index contributed by atoms with van der Waals surface area (Å²) in [6.45, 7) is 1.94. The van der Waals surface area contributed by atoms with Gasteiger partial charge in [-0.1, -0.05) is 0 Å². The van der Waals surface area contributed by atoms with Crippen molar-refractivity contribution < 1.29 is 23.1 Å². The van der Waals surface area contributed by atoms with Crippen molar-refractivity contribution >= 4 is 29.2 Å². The monoisotopic (exact) mass is 489 g/mol. The third kappa shape index (κ3) is 4.13. The van der Waals surface area contributed by atoms with Crippen LogP contribution in [0.3, 0.4) is 0 Å². The van der Waals surface area contributed by atoms with E-state index < -0.39 is 29.7 Å². The van der Waals surface area contributed by atoms with Gasteiger partial charge in [0.2, 0.25) is 11.9 Å². The molecule has 2 bridgehead atoms. The normalized spacial score (nSPS) is 29.0. The number of aliphatic hydroxyl groups is 1. The van der Waals surface area contributed by atoms with Crippen LogP contribution in [0.2, 0.25) is 0 Å². The summed E-state index contributed by atoms with van der Waals surface area (Å²) in [6, 6.07) is 2.86. The molecule has 12 heteroatoms. The number of carbonyl (C=O) groups is 1. The van der Waals surface area contributed by atoms with E-state index in [2.05, 4.69) is 20.3 Å². The highest BCUT2D eigenvalue weighted by Crippen LogP contribution is 2.51. The second kappa shape index (κ2) is 8.21. The first kappa shape index (κ1) is 22.3. The molecule has 3 saturated heterocycles. The van der Waals surface area contributed by atoms with Gasteiger partial charge < -0.3 is 25.1 Å². The number of halogens is 3. The van der Waals surface area contributed by atoms with E-state index in [1.54, 1.807) is 22.1 Å². The second-order valence-corrected chi connectivity index (χ2v) is 9.83. The maximum atomic E-state index is 14.7. The van der Waals surface area contributed by atoms with E-state index in [-0.39, 0.29) is 30.3 Å². The number of pyridine rings is 1. The molecule has 4 aliphatic rings. The molecule has 3 aliphatic heterocycles. The van der Waals surface area contributed by atoms with Gasteiger partial charge in [-0.3, -0.25) is 4.79 Å². The first-order chi connectivity index (χ1) is 16.8. The number of hydrogen-bond acceptors (Lipinski definition) is 8. The molecule has 6 rings (SSSR count). The third-order valence-electron chi connectivity index (χ3n) is 7.37. The summed E-state index contributed by atoms with van der Waals surface area (Å²) in [6.07, 6.45) is 4.42. The van der Waals surface area contributed by atoms with Gasteiger partial charge in [0, 0.05) is 56.9 Å². The number of β-amino-alcohol motifs (C(OH)–C–C–N with tert-alkyl or cyclic N) is 1. The van der Waals surface area contributed by atoms with Gasteiger partial charge in [-0.15, -0.1) is 0 Å². The molecule has 9 nitrogen and oxygen atoms in total. The Balaban J connectivity index is 1.13. The number of nitrogens with zero attached hydrogens (tertiary/aromatic N) is 6. The smallest absolute Gasteiger partial charge is 0.260 e. The van der Waals surface area contributed by atoms with Gasteiger partial charge in [-0.2, -0.15) is 4.98 Å². The fourth-order valence-electron chi connectivity index (χ4n) is 5.49. The van der Waals surface area contributed by atoms with Crippen LogP contribution in [-0.4, -0.2) is 81.2 Å². The van der Waals surface area contributed by atoms with Gasteiger partial charge in [0.1, 0.15) is 11.7 Å². The predicted octanol–water partition coefficient (Wildman–Crippen LogP) is 2.16. The molecule has 0 spiro atoms. The van der Waals surface area contributed by atoms with E-state index >= 15 is 0 Å². The van der Waals surface area contributed by atoms with Gasteiger partial charge in [-0.25, -0.2) is 23.1 Å². The molecule has 35 heavy (non-hydrogen) atoms. The number of anilines is 4. The molecule has 0 aromatic carbocycles. The Hall–Kier alpha value is -3.15. The van der Waals surface area contributed by atoms with E-state index in [0.717, 1.165) is 12.8 Å². The molecule has 4 atom stereocenters. The number of amides is 1. The van der Waals surface area contributed by atoms with Gasteiger partial charge >= 0.3 is 0 Å². The molecule has 1 amide bonds. The van der Waals surface area contributed by atoms with Gasteiger partial charge in [0.25, 0.3) is 5.92 Å². The molecule has 1 saturated carbocycles. The van der Waals surface area contributed by atoms with Crippen LogP contribution in [0.15, 0.2) is 24.5 Å². The van der Waals surface area contributed by atoms with Crippen molar-refractivity contribution in [3.05, 3.63) is 30.3 Å². The van der Waals surface area contributed by atoms with E-state index in [1.165, 1.54) is 12.3 Å². The van der Waals surface area contributed by atoms with E-state index in [0.29, 0.717) is 44.1 Å². The number of piperazine rings is 1. The van der Waals surface area contributed by atoms with E-state index in [9.17, 15) is 23.1 Å². The van der Waals surface area contributed by atoms with E-state index in [1.807, 2.05) is 4.90 Å². The predicted molar refractivity (Wildman–Crippen MR) is 121 cm³/mol. The quantitative estimate of drug-likeness (QED) is 0.660. The van der Waals surface area contributed by atoms with Crippen LogP contribution in [0.5, 0.6) is 0 Å². The standard InChI is InChI=1S/C23H26F3N7O2/c24-18-7-13(9-28-20(18)31-6-4-16(34)12-31)29-22-27-5-3-19(30-22)32-10-14-1-2-15(11-32)33(14)21(35)17-8-23(17,25)26/h3,5,7,9,14-17,34H,1-2,4,6,8,10-12H2,(H,27,29,30)/t14-,15+,16-,17?/m1/s1. The van der Waals surface area contributed by atoms with Crippen LogP contribution in [0.4, 0.5) is 36.4 Å². The van der Waals surface area contributed by atoms with Crippen LogP contribution < -0.4 is 15.1 Å². The minimum absolute atomic E-state index is 0.112. The number of hydrogen-bond donors (Lipinski definition) is 2. The minimum Gasteiger partial charge on any atom is -0.391 e. The lowest BCUT2D eigenvalue weighted by molar-refractivity contribution is -0.138. The molecular weight excluding hydrogens is 463 g/mol. The molecule has 2 aromatic rings. The molecule has 2 N–H and O–H groups in total. The highest BCUT2D eigenvalue weighted by atomic mass is 19.3. The summed E-state index contributed by atoms with van der Waals surface area (Å²) in [5, 5.41) is 12.7. The number of fused-ring (bicyclic) bond motifs is 2. The summed E-state index contributed by atoms with van der Waals surface area (Å²) in [5.41, 5.74) is 0.393. The summed E-state index contributed by atoms with van der Waals surface area (Å²) < 4.78 is 41.6. The van der Waals surface area contributed by atoms with Crippen molar-refractivity contribution in [2.45, 2.75) is 49.8 Å². The molecular formula is C23H26F3N7O2. The van der Waals surface area contributed by atoms with Crippen LogP contribution in [0.25, 0.3) is 0 Å². The van der Waals surface area contributed by atoms with Crippen molar-refractivity contribution in [2.75, 3.05) is 41.3 Å². The number of rotatable bonds is 5. The maximum Gasteiger partial charge on any atom is 0.260 e. The van der Waals surface area contributed by atoms with Gasteiger partial charge in [0.15, 0.2) is 11.6 Å². The number of nitrogens with one attached hydrogen (secondary N) is 1. The lowest BCUT2D eigenvalue weighted by Gasteiger charge is -2.41. The summed E-state index contributed by atoms with van der Waals surface area (Å²) in [7, 11) is 0. The number of alkyl halides is 2. The van der Waals surface area contributed by atoms with Crippen LogP contribution >= 0.6 is 0 Å². The fourth-order valence-corrected chi connectivity index (χ4v) is 5.49. The topological polar surface area (TPSA) is 97.7 Å². The van der Waals surface area contributed by atoms with Crippen molar-refractivity contribution in [3.63, 3.8) is 0 Å². The fraction of sp³-hybridized carbons (Fsp3) is 0.565. The van der Waals surface area contributed by atoms with Crippen LogP contribution in [0, 0.1) is 11.7 Å². The zero-order valence-corrected chi connectivity index (χ0v) is 18.9. The Bertz CT molecular complexity index is 1140. The van der Waals surface area contributed by atoms with Gasteiger partial charge in [-0.05, 0) is 25.3 Å². The maximum absolute atomic E-state index is 14.7. The zero-order chi connectivity index (χ0) is 24.3. The Labute approximate surface area is 200 Å². The average molecular weight is 490 g/mol. The number of aromatic nitrogens is 3. The Morgan fingerprint density at radius 3 is 2.49 bits per heavy atom. The van der Waals surface area contributed by atoms with Crippen molar-refractivity contribution in [1.29, 1.82) is 0 Å². The van der Waals surface area contributed by atoms with Gasteiger partial charge in [0.05, 0.1) is 18.0 Å².